The molecule has 1 amide bonds. The molecule has 0 aliphatic carbocycles. The minimum absolute atomic E-state index is 0.146. The average molecular weight is 237 g/mol. The van der Waals surface area contributed by atoms with Crippen molar-refractivity contribution in [2.24, 2.45) is 5.73 Å². The van der Waals surface area contributed by atoms with Crippen LogP contribution in [0.4, 0.5) is 0 Å². The lowest BCUT2D eigenvalue weighted by molar-refractivity contribution is -0.137. The van der Waals surface area contributed by atoms with Gasteiger partial charge in [0.15, 0.2) is 0 Å². The first-order chi connectivity index (χ1) is 8.20. The van der Waals surface area contributed by atoms with E-state index in [1.165, 1.54) is 0 Å². The smallest absolute Gasteiger partial charge is 0.237 e. The minimum Gasteiger partial charge on any atom is -0.467 e. The molecule has 0 bridgehead atoms. The Balaban J connectivity index is 1.90. The Morgan fingerprint density at radius 2 is 2.35 bits per heavy atom. The van der Waals surface area contributed by atoms with Crippen LogP contribution in [-0.2, 0) is 11.3 Å². The highest BCUT2D eigenvalue weighted by molar-refractivity contribution is 5.79. The van der Waals surface area contributed by atoms with Crippen molar-refractivity contribution in [2.75, 3.05) is 26.2 Å². The van der Waals surface area contributed by atoms with Gasteiger partial charge in [-0.15, -0.1) is 0 Å². The topological polar surface area (TPSA) is 62.7 Å². The number of rotatable bonds is 4. The van der Waals surface area contributed by atoms with Gasteiger partial charge in [0.25, 0.3) is 0 Å². The summed E-state index contributed by atoms with van der Waals surface area (Å²) in [7, 11) is 0. The van der Waals surface area contributed by atoms with E-state index in [0.29, 0.717) is 19.6 Å². The van der Waals surface area contributed by atoms with E-state index in [4.69, 9.17) is 10.2 Å². The molecule has 1 aliphatic heterocycles. The monoisotopic (exact) mass is 237 g/mol. The molecule has 0 saturated carbocycles. The van der Waals surface area contributed by atoms with Crippen LogP contribution in [0.5, 0.6) is 0 Å². The van der Waals surface area contributed by atoms with E-state index in [2.05, 4.69) is 11.8 Å². The SMILES string of the molecule is CC(CN)N1CCN(Cc2ccco2)C(=O)C1. The Hall–Kier alpha value is -1.33. The molecule has 2 N–H and O–H groups in total. The molecule has 1 unspecified atom stereocenters. The molecule has 17 heavy (non-hydrogen) atoms. The number of piperazine rings is 1. The zero-order chi connectivity index (χ0) is 12.3. The minimum atomic E-state index is 0.146. The largest absolute Gasteiger partial charge is 0.467 e. The average Bonchev–Trinajstić information content (AvgIpc) is 2.83. The molecule has 0 aromatic carbocycles. The van der Waals surface area contributed by atoms with Crippen LogP contribution in [-0.4, -0.2) is 47.9 Å². The Labute approximate surface area is 101 Å². The Morgan fingerprint density at radius 1 is 1.53 bits per heavy atom. The molecule has 2 heterocycles. The van der Waals surface area contributed by atoms with Gasteiger partial charge in [-0.05, 0) is 19.1 Å². The van der Waals surface area contributed by atoms with E-state index in [1.54, 1.807) is 6.26 Å². The van der Waals surface area contributed by atoms with Crippen molar-refractivity contribution in [3.8, 4) is 0 Å². The van der Waals surface area contributed by atoms with Gasteiger partial charge in [0.2, 0.25) is 5.91 Å². The summed E-state index contributed by atoms with van der Waals surface area (Å²) in [6.45, 7) is 5.28. The first kappa shape index (κ1) is 12.1. The summed E-state index contributed by atoms with van der Waals surface area (Å²) < 4.78 is 5.25. The van der Waals surface area contributed by atoms with Crippen LogP contribution in [0, 0.1) is 0 Å². The van der Waals surface area contributed by atoms with Gasteiger partial charge in [-0.25, -0.2) is 0 Å². The second kappa shape index (κ2) is 5.33. The maximum Gasteiger partial charge on any atom is 0.237 e. The summed E-state index contributed by atoms with van der Waals surface area (Å²) in [5, 5.41) is 0. The van der Waals surface area contributed by atoms with E-state index in [0.717, 1.165) is 18.8 Å². The maximum atomic E-state index is 12.0. The van der Waals surface area contributed by atoms with Gasteiger partial charge >= 0.3 is 0 Å². The Kier molecular flexibility index (Phi) is 3.81. The predicted molar refractivity (Wildman–Crippen MR) is 64.2 cm³/mol. The van der Waals surface area contributed by atoms with Gasteiger partial charge in [0, 0.05) is 25.7 Å². The van der Waals surface area contributed by atoms with E-state index in [9.17, 15) is 4.79 Å². The number of nitrogens with two attached hydrogens (primary N) is 1. The normalized spacial score (nSPS) is 19.6. The molecule has 0 radical (unpaired) electrons. The van der Waals surface area contributed by atoms with Crippen LogP contribution >= 0.6 is 0 Å². The fourth-order valence-electron chi connectivity index (χ4n) is 2.01. The first-order valence-electron chi connectivity index (χ1n) is 5.95. The molecular formula is C12H19N3O2. The van der Waals surface area contributed by atoms with Crippen molar-refractivity contribution >= 4 is 5.91 Å². The van der Waals surface area contributed by atoms with Gasteiger partial charge in [0.1, 0.15) is 5.76 Å². The van der Waals surface area contributed by atoms with Crippen molar-refractivity contribution in [1.29, 1.82) is 0 Å². The number of hydrogen-bond acceptors (Lipinski definition) is 4. The highest BCUT2D eigenvalue weighted by Crippen LogP contribution is 2.11. The van der Waals surface area contributed by atoms with Crippen LogP contribution < -0.4 is 5.73 Å². The fourth-order valence-corrected chi connectivity index (χ4v) is 2.01. The lowest BCUT2D eigenvalue weighted by Crippen LogP contribution is -2.53. The molecule has 5 heteroatoms. The highest BCUT2D eigenvalue weighted by atomic mass is 16.3. The highest BCUT2D eigenvalue weighted by Gasteiger charge is 2.26. The van der Waals surface area contributed by atoms with Crippen LogP contribution in [0.3, 0.4) is 0 Å². The van der Waals surface area contributed by atoms with Crippen LogP contribution in [0.15, 0.2) is 22.8 Å². The summed E-state index contributed by atoms with van der Waals surface area (Å²) in [5.41, 5.74) is 5.61. The predicted octanol–water partition coefficient (Wildman–Crippen LogP) is 0.271. The summed E-state index contributed by atoms with van der Waals surface area (Å²) in [5.74, 6) is 0.978. The van der Waals surface area contributed by atoms with Gasteiger partial charge in [0.05, 0.1) is 19.4 Å². The third-order valence-corrected chi connectivity index (χ3v) is 3.24. The van der Waals surface area contributed by atoms with Crippen molar-refractivity contribution in [2.45, 2.75) is 19.5 Å². The third kappa shape index (κ3) is 2.87. The first-order valence-corrected chi connectivity index (χ1v) is 5.95. The van der Waals surface area contributed by atoms with E-state index < -0.39 is 0 Å². The number of amides is 1. The van der Waals surface area contributed by atoms with E-state index >= 15 is 0 Å². The lowest BCUT2D eigenvalue weighted by Gasteiger charge is -2.36. The number of hydrogen-bond donors (Lipinski definition) is 1. The molecule has 2 rings (SSSR count). The zero-order valence-corrected chi connectivity index (χ0v) is 10.1. The number of nitrogens with zero attached hydrogens (tertiary/aromatic N) is 2. The third-order valence-electron chi connectivity index (χ3n) is 3.24. The summed E-state index contributed by atoms with van der Waals surface area (Å²) in [6.07, 6.45) is 1.63. The molecule has 1 aromatic rings. The van der Waals surface area contributed by atoms with Gasteiger partial charge in [-0.2, -0.15) is 0 Å². The van der Waals surface area contributed by atoms with Gasteiger partial charge in [-0.3, -0.25) is 9.69 Å². The zero-order valence-electron chi connectivity index (χ0n) is 10.1. The standard InChI is InChI=1S/C12H19N3O2/c1-10(7-13)14-4-5-15(12(16)9-14)8-11-3-2-6-17-11/h2-3,6,10H,4-5,7-9,13H2,1H3. The molecule has 1 aliphatic rings. The number of carbonyl (C=O) groups is 1. The van der Waals surface area contributed by atoms with Crippen molar-refractivity contribution in [1.82, 2.24) is 9.80 Å². The summed E-state index contributed by atoms with van der Waals surface area (Å²) in [6, 6.07) is 4.00. The molecule has 5 nitrogen and oxygen atoms in total. The van der Waals surface area contributed by atoms with E-state index in [1.807, 2.05) is 17.0 Å². The second-order valence-electron chi connectivity index (χ2n) is 4.45. The van der Waals surface area contributed by atoms with Gasteiger partial charge in [-0.1, -0.05) is 0 Å². The maximum absolute atomic E-state index is 12.0. The number of carbonyl (C=O) groups excluding carboxylic acids is 1. The summed E-state index contributed by atoms with van der Waals surface area (Å²) >= 11 is 0. The molecule has 0 spiro atoms. The molecule has 1 fully saturated rings. The Morgan fingerprint density at radius 3 is 2.94 bits per heavy atom. The molecule has 1 saturated heterocycles. The van der Waals surface area contributed by atoms with Crippen molar-refractivity contribution in [3.63, 3.8) is 0 Å². The molecule has 1 atom stereocenters. The quantitative estimate of drug-likeness (QED) is 0.816. The molecule has 1 aromatic heterocycles. The van der Waals surface area contributed by atoms with Gasteiger partial charge < -0.3 is 15.1 Å². The fraction of sp³-hybridized carbons (Fsp3) is 0.583. The van der Waals surface area contributed by atoms with Crippen molar-refractivity contribution < 1.29 is 9.21 Å². The second-order valence-corrected chi connectivity index (χ2v) is 4.45. The molecular weight excluding hydrogens is 218 g/mol. The summed E-state index contributed by atoms with van der Waals surface area (Å²) in [4.78, 5) is 15.9. The Bertz CT molecular complexity index is 364. The molecule has 94 valence electrons. The van der Waals surface area contributed by atoms with Crippen LogP contribution in [0.25, 0.3) is 0 Å². The van der Waals surface area contributed by atoms with E-state index in [-0.39, 0.29) is 11.9 Å². The number of furan rings is 1. The van der Waals surface area contributed by atoms with Crippen LogP contribution in [0.2, 0.25) is 0 Å². The van der Waals surface area contributed by atoms with Crippen LogP contribution in [0.1, 0.15) is 12.7 Å². The lowest BCUT2D eigenvalue weighted by atomic mass is 10.2. The van der Waals surface area contributed by atoms with Crippen molar-refractivity contribution in [3.05, 3.63) is 24.2 Å².